The Labute approximate surface area is 144 Å². The SMILES string of the molecule is CC(C)CNC(=O)NC(=O)C[NH2+][C@@H](C)c1cc(F)c(Cl)cc1Cl. The molecule has 0 aromatic heterocycles. The Kier molecular flexibility index (Phi) is 7.75. The maximum absolute atomic E-state index is 13.5. The number of quaternary nitrogens is 1. The first-order chi connectivity index (χ1) is 10.7. The van der Waals surface area contributed by atoms with Crippen LogP contribution in [0.5, 0.6) is 0 Å². The zero-order chi connectivity index (χ0) is 17.6. The van der Waals surface area contributed by atoms with Gasteiger partial charge >= 0.3 is 6.03 Å². The molecule has 0 aliphatic heterocycles. The van der Waals surface area contributed by atoms with Gasteiger partial charge < -0.3 is 10.6 Å². The van der Waals surface area contributed by atoms with Crippen LogP contribution >= 0.6 is 23.2 Å². The second kappa shape index (κ2) is 9.05. The lowest BCUT2D eigenvalue weighted by atomic mass is 10.1. The van der Waals surface area contributed by atoms with Crippen molar-refractivity contribution in [2.45, 2.75) is 26.8 Å². The Morgan fingerprint density at radius 2 is 1.87 bits per heavy atom. The molecule has 0 aliphatic rings. The Morgan fingerprint density at radius 1 is 1.22 bits per heavy atom. The van der Waals surface area contributed by atoms with Crippen LogP contribution in [0.15, 0.2) is 12.1 Å². The van der Waals surface area contributed by atoms with Crippen molar-refractivity contribution in [3.63, 3.8) is 0 Å². The van der Waals surface area contributed by atoms with Crippen molar-refractivity contribution < 1.29 is 19.3 Å². The number of rotatable bonds is 6. The third-order valence-corrected chi connectivity index (χ3v) is 3.73. The maximum atomic E-state index is 13.5. The number of benzene rings is 1. The standard InChI is InChI=1S/C15H20Cl2FN3O2/c1-8(2)6-20-15(23)21-14(22)7-19-9(3)10-4-13(18)12(17)5-11(10)16/h4-5,8-9,19H,6-7H2,1-3H3,(H2,20,21,22,23)/p+1/t9-/m0/s1. The van der Waals surface area contributed by atoms with Gasteiger partial charge in [-0.15, -0.1) is 0 Å². The van der Waals surface area contributed by atoms with Crippen LogP contribution < -0.4 is 16.0 Å². The molecular formula is C15H21Cl2FN3O2+. The Morgan fingerprint density at radius 3 is 2.48 bits per heavy atom. The number of hydrogen-bond acceptors (Lipinski definition) is 2. The number of urea groups is 1. The molecule has 8 heteroatoms. The highest BCUT2D eigenvalue weighted by atomic mass is 35.5. The molecule has 0 fully saturated rings. The molecule has 0 saturated heterocycles. The highest BCUT2D eigenvalue weighted by Gasteiger charge is 2.18. The quantitative estimate of drug-likeness (QED) is 0.677. The van der Waals surface area contributed by atoms with Gasteiger partial charge in [-0.3, -0.25) is 10.1 Å². The molecule has 0 aliphatic carbocycles. The molecular weight excluding hydrogens is 344 g/mol. The molecule has 1 atom stereocenters. The van der Waals surface area contributed by atoms with Gasteiger partial charge in [0, 0.05) is 12.1 Å². The number of nitrogens with one attached hydrogen (secondary N) is 2. The van der Waals surface area contributed by atoms with E-state index in [9.17, 15) is 14.0 Å². The fourth-order valence-electron chi connectivity index (χ4n) is 1.82. The molecule has 0 unspecified atom stereocenters. The van der Waals surface area contributed by atoms with E-state index >= 15 is 0 Å². The fourth-order valence-corrected chi connectivity index (χ4v) is 2.37. The molecule has 0 radical (unpaired) electrons. The summed E-state index contributed by atoms with van der Waals surface area (Å²) in [7, 11) is 0. The monoisotopic (exact) mass is 364 g/mol. The second-order valence-electron chi connectivity index (χ2n) is 5.67. The van der Waals surface area contributed by atoms with E-state index in [-0.39, 0.29) is 17.6 Å². The van der Waals surface area contributed by atoms with E-state index in [1.165, 1.54) is 12.1 Å². The molecule has 3 amide bonds. The smallest absolute Gasteiger partial charge is 0.321 e. The van der Waals surface area contributed by atoms with Crippen molar-refractivity contribution in [2.75, 3.05) is 13.1 Å². The average Bonchev–Trinajstić information content (AvgIpc) is 2.46. The molecule has 0 bridgehead atoms. The van der Waals surface area contributed by atoms with Crippen molar-refractivity contribution in [2.24, 2.45) is 5.92 Å². The van der Waals surface area contributed by atoms with Gasteiger partial charge in [0.05, 0.1) is 10.0 Å². The maximum Gasteiger partial charge on any atom is 0.321 e. The van der Waals surface area contributed by atoms with Gasteiger partial charge in [0.1, 0.15) is 11.9 Å². The van der Waals surface area contributed by atoms with E-state index in [2.05, 4.69) is 10.6 Å². The summed E-state index contributed by atoms with van der Waals surface area (Å²) in [5.41, 5.74) is 0.533. The first-order valence-electron chi connectivity index (χ1n) is 7.26. The Balaban J connectivity index is 2.50. The highest BCUT2D eigenvalue weighted by Crippen LogP contribution is 2.27. The minimum Gasteiger partial charge on any atom is -0.338 e. The lowest BCUT2D eigenvalue weighted by Crippen LogP contribution is -2.87. The van der Waals surface area contributed by atoms with E-state index in [1.807, 2.05) is 13.8 Å². The number of nitrogens with two attached hydrogens (primary N) is 1. The van der Waals surface area contributed by atoms with E-state index in [1.54, 1.807) is 12.2 Å². The summed E-state index contributed by atoms with van der Waals surface area (Å²) in [5, 5.41) is 6.74. The first kappa shape index (κ1) is 19.7. The number of hydrogen-bond donors (Lipinski definition) is 3. The summed E-state index contributed by atoms with van der Waals surface area (Å²) in [5.74, 6) is -0.711. The third-order valence-electron chi connectivity index (χ3n) is 3.11. The van der Waals surface area contributed by atoms with Crippen LogP contribution in [0.3, 0.4) is 0 Å². The van der Waals surface area contributed by atoms with Gasteiger partial charge in [-0.2, -0.15) is 0 Å². The van der Waals surface area contributed by atoms with Crippen LogP contribution in [-0.4, -0.2) is 25.0 Å². The van der Waals surface area contributed by atoms with Crippen LogP contribution in [0.4, 0.5) is 9.18 Å². The zero-order valence-electron chi connectivity index (χ0n) is 13.3. The Bertz CT molecular complexity index is 582. The summed E-state index contributed by atoms with van der Waals surface area (Å²) in [6, 6.07) is 1.79. The van der Waals surface area contributed by atoms with Gasteiger partial charge in [0.2, 0.25) is 0 Å². The number of carbonyl (C=O) groups excluding carboxylic acids is 2. The topological polar surface area (TPSA) is 74.8 Å². The van der Waals surface area contributed by atoms with Gasteiger partial charge in [-0.1, -0.05) is 37.0 Å². The minimum atomic E-state index is -0.566. The van der Waals surface area contributed by atoms with E-state index in [4.69, 9.17) is 23.2 Å². The van der Waals surface area contributed by atoms with Crippen molar-refractivity contribution in [1.82, 2.24) is 10.6 Å². The summed E-state index contributed by atoms with van der Waals surface area (Å²) in [6.45, 7) is 6.18. The van der Waals surface area contributed by atoms with Crippen LogP contribution in [-0.2, 0) is 4.79 Å². The van der Waals surface area contributed by atoms with Crippen LogP contribution in [0, 0.1) is 11.7 Å². The average molecular weight is 365 g/mol. The predicted octanol–water partition coefficient (Wildman–Crippen LogP) is 2.24. The summed E-state index contributed by atoms with van der Waals surface area (Å²) >= 11 is 11.7. The molecule has 128 valence electrons. The molecule has 1 aromatic rings. The third kappa shape index (κ3) is 6.72. The van der Waals surface area contributed by atoms with E-state index in [0.717, 1.165) is 0 Å². The number of carbonyl (C=O) groups is 2. The number of amides is 3. The van der Waals surface area contributed by atoms with Crippen molar-refractivity contribution in [3.05, 3.63) is 33.6 Å². The van der Waals surface area contributed by atoms with Crippen molar-refractivity contribution in [3.8, 4) is 0 Å². The van der Waals surface area contributed by atoms with Crippen LogP contribution in [0.1, 0.15) is 32.4 Å². The van der Waals surface area contributed by atoms with E-state index in [0.29, 0.717) is 23.0 Å². The molecule has 0 spiro atoms. The number of halogens is 3. The molecule has 1 rings (SSSR count). The van der Waals surface area contributed by atoms with Crippen molar-refractivity contribution in [1.29, 1.82) is 0 Å². The van der Waals surface area contributed by atoms with Gasteiger partial charge in [-0.25, -0.2) is 9.18 Å². The lowest BCUT2D eigenvalue weighted by Gasteiger charge is -2.13. The fraction of sp³-hybridized carbons (Fsp3) is 0.467. The molecule has 5 nitrogen and oxygen atoms in total. The molecule has 0 heterocycles. The van der Waals surface area contributed by atoms with Gasteiger partial charge in [0.15, 0.2) is 6.54 Å². The normalized spacial score (nSPS) is 12.1. The molecule has 23 heavy (non-hydrogen) atoms. The van der Waals surface area contributed by atoms with Gasteiger partial charge in [0.25, 0.3) is 5.91 Å². The van der Waals surface area contributed by atoms with Crippen molar-refractivity contribution >= 4 is 35.1 Å². The second-order valence-corrected chi connectivity index (χ2v) is 6.48. The van der Waals surface area contributed by atoms with Gasteiger partial charge in [-0.05, 0) is 25.0 Å². The largest absolute Gasteiger partial charge is 0.338 e. The summed E-state index contributed by atoms with van der Waals surface area (Å²) in [4.78, 5) is 23.2. The first-order valence-corrected chi connectivity index (χ1v) is 8.01. The van der Waals surface area contributed by atoms with E-state index < -0.39 is 17.8 Å². The number of imide groups is 1. The predicted molar refractivity (Wildman–Crippen MR) is 88.0 cm³/mol. The zero-order valence-corrected chi connectivity index (χ0v) is 14.8. The molecule has 1 aromatic carbocycles. The summed E-state index contributed by atoms with van der Waals surface area (Å²) in [6.07, 6.45) is 0. The molecule has 0 saturated carbocycles. The highest BCUT2D eigenvalue weighted by molar-refractivity contribution is 6.35. The van der Waals surface area contributed by atoms with Crippen LogP contribution in [0.2, 0.25) is 10.0 Å². The summed E-state index contributed by atoms with van der Waals surface area (Å²) < 4.78 is 13.5. The minimum absolute atomic E-state index is 0.0108. The lowest BCUT2D eigenvalue weighted by molar-refractivity contribution is -0.682. The molecule has 4 N–H and O–H groups in total. The Hall–Kier alpha value is -1.37. The van der Waals surface area contributed by atoms with Crippen LogP contribution in [0.25, 0.3) is 0 Å².